The van der Waals surface area contributed by atoms with E-state index in [2.05, 4.69) is 21.9 Å². The monoisotopic (exact) mass is 253 g/mol. The van der Waals surface area contributed by atoms with E-state index in [1.165, 1.54) is 23.0 Å². The molecular formula is C14H8FN3O. The first kappa shape index (κ1) is 11.2. The van der Waals surface area contributed by atoms with Crippen LogP contribution in [0.15, 0.2) is 47.7 Å². The van der Waals surface area contributed by atoms with Gasteiger partial charge in [0.25, 0.3) is 5.56 Å². The molecule has 0 spiro atoms. The van der Waals surface area contributed by atoms with Crippen LogP contribution < -0.4 is 5.56 Å². The molecule has 5 heteroatoms. The van der Waals surface area contributed by atoms with Gasteiger partial charge in [0.15, 0.2) is 0 Å². The quantitative estimate of drug-likeness (QED) is 0.620. The van der Waals surface area contributed by atoms with Crippen molar-refractivity contribution in [1.82, 2.24) is 14.5 Å². The molecule has 4 nitrogen and oxygen atoms in total. The van der Waals surface area contributed by atoms with Gasteiger partial charge >= 0.3 is 0 Å². The highest BCUT2D eigenvalue weighted by Crippen LogP contribution is 2.02. The van der Waals surface area contributed by atoms with Crippen molar-refractivity contribution in [2.24, 2.45) is 0 Å². The molecule has 3 rings (SSSR count). The number of aromatic amines is 1. The molecule has 2 aromatic heterocycles. The molecule has 19 heavy (non-hydrogen) atoms. The number of hydrogen-bond acceptors (Lipinski definition) is 2. The van der Waals surface area contributed by atoms with Crippen LogP contribution in [-0.2, 0) is 0 Å². The molecule has 2 heterocycles. The maximum Gasteiger partial charge on any atom is 0.274 e. The molecule has 0 amide bonds. The number of benzene rings is 1. The molecule has 0 saturated heterocycles. The maximum atomic E-state index is 12.7. The van der Waals surface area contributed by atoms with E-state index in [-0.39, 0.29) is 11.4 Å². The number of halogens is 1. The van der Waals surface area contributed by atoms with E-state index in [4.69, 9.17) is 0 Å². The molecule has 0 atom stereocenters. The van der Waals surface area contributed by atoms with E-state index < -0.39 is 0 Å². The molecular weight excluding hydrogens is 245 g/mol. The third-order valence-corrected chi connectivity index (χ3v) is 2.64. The van der Waals surface area contributed by atoms with E-state index in [0.717, 1.165) is 0 Å². The SMILES string of the molecule is O=c1c2cc[nH]c2ncn1C#Cc1ccc(F)cc1. The van der Waals surface area contributed by atoms with Gasteiger partial charge in [-0.1, -0.05) is 0 Å². The second-order valence-electron chi connectivity index (χ2n) is 3.90. The van der Waals surface area contributed by atoms with Crippen LogP contribution in [0, 0.1) is 17.8 Å². The van der Waals surface area contributed by atoms with Crippen molar-refractivity contribution in [3.8, 4) is 12.0 Å². The lowest BCUT2D eigenvalue weighted by Crippen LogP contribution is -2.16. The van der Waals surface area contributed by atoms with Crippen molar-refractivity contribution >= 4 is 11.0 Å². The maximum absolute atomic E-state index is 12.7. The Bertz CT molecular complexity index is 850. The fourth-order valence-corrected chi connectivity index (χ4v) is 1.68. The molecule has 0 bridgehead atoms. The van der Waals surface area contributed by atoms with Gasteiger partial charge in [-0.2, -0.15) is 0 Å². The molecule has 0 fully saturated rings. The van der Waals surface area contributed by atoms with E-state index in [9.17, 15) is 9.18 Å². The van der Waals surface area contributed by atoms with Crippen LogP contribution in [0.2, 0.25) is 0 Å². The van der Waals surface area contributed by atoms with Gasteiger partial charge in [-0.05, 0) is 36.3 Å². The first-order valence-electron chi connectivity index (χ1n) is 5.56. The first-order chi connectivity index (χ1) is 9.24. The Hall–Kier alpha value is -2.87. The predicted octanol–water partition coefficient (Wildman–Crippen LogP) is 1.72. The number of fused-ring (bicyclic) bond motifs is 1. The van der Waals surface area contributed by atoms with Gasteiger partial charge in [-0.15, -0.1) is 0 Å². The topological polar surface area (TPSA) is 50.7 Å². The molecule has 0 aliphatic carbocycles. The van der Waals surface area contributed by atoms with Crippen molar-refractivity contribution in [3.05, 3.63) is 64.6 Å². The lowest BCUT2D eigenvalue weighted by molar-refractivity contribution is 0.627. The van der Waals surface area contributed by atoms with Crippen LogP contribution in [0.1, 0.15) is 5.56 Å². The Morgan fingerprint density at radius 2 is 2.00 bits per heavy atom. The Labute approximate surface area is 107 Å². The highest BCUT2D eigenvalue weighted by Gasteiger charge is 2.02. The number of nitrogens with zero attached hydrogens (tertiary/aromatic N) is 2. The number of aromatic nitrogens is 3. The summed E-state index contributed by atoms with van der Waals surface area (Å²) in [5.74, 6) is 2.46. The average molecular weight is 253 g/mol. The molecule has 0 aliphatic rings. The van der Waals surface area contributed by atoms with Gasteiger partial charge in [0.2, 0.25) is 0 Å². The summed E-state index contributed by atoms with van der Waals surface area (Å²) in [5.41, 5.74) is 0.924. The number of nitrogens with one attached hydrogen (secondary N) is 1. The minimum atomic E-state index is -0.321. The van der Waals surface area contributed by atoms with Gasteiger partial charge in [0, 0.05) is 17.8 Å². The first-order valence-corrected chi connectivity index (χ1v) is 5.56. The largest absolute Gasteiger partial charge is 0.346 e. The summed E-state index contributed by atoms with van der Waals surface area (Å²) in [6.45, 7) is 0. The molecule has 0 radical (unpaired) electrons. The molecule has 1 aromatic carbocycles. The smallest absolute Gasteiger partial charge is 0.274 e. The van der Waals surface area contributed by atoms with Gasteiger partial charge in [0.1, 0.15) is 17.8 Å². The summed E-state index contributed by atoms with van der Waals surface area (Å²) in [4.78, 5) is 18.9. The standard InChI is InChI=1S/C14H8FN3O/c15-11-3-1-10(2-4-11)6-8-18-9-17-13-12(14(18)19)5-7-16-13/h1-5,7,9,16H. The molecule has 1 N–H and O–H groups in total. The zero-order valence-corrected chi connectivity index (χ0v) is 9.72. The van der Waals surface area contributed by atoms with Crippen molar-refractivity contribution < 1.29 is 4.39 Å². The number of hydrogen-bond donors (Lipinski definition) is 1. The third-order valence-electron chi connectivity index (χ3n) is 2.64. The van der Waals surface area contributed by atoms with Gasteiger partial charge in [-0.25, -0.2) is 13.9 Å². The molecule has 0 saturated carbocycles. The van der Waals surface area contributed by atoms with E-state index in [1.54, 1.807) is 24.4 Å². The highest BCUT2D eigenvalue weighted by atomic mass is 19.1. The van der Waals surface area contributed by atoms with Crippen molar-refractivity contribution in [2.75, 3.05) is 0 Å². The van der Waals surface area contributed by atoms with Crippen molar-refractivity contribution in [2.45, 2.75) is 0 Å². The number of H-pyrrole nitrogens is 1. The minimum absolute atomic E-state index is 0.235. The zero-order chi connectivity index (χ0) is 13.2. The second-order valence-corrected chi connectivity index (χ2v) is 3.90. The van der Waals surface area contributed by atoms with E-state index in [1.807, 2.05) is 0 Å². The van der Waals surface area contributed by atoms with Crippen LogP contribution in [0.4, 0.5) is 4.39 Å². The average Bonchev–Trinajstić information content (AvgIpc) is 2.89. The summed E-state index contributed by atoms with van der Waals surface area (Å²) in [6, 6.07) is 10.1. The molecule has 92 valence electrons. The lowest BCUT2D eigenvalue weighted by Gasteiger charge is -1.94. The minimum Gasteiger partial charge on any atom is -0.346 e. The van der Waals surface area contributed by atoms with Crippen molar-refractivity contribution in [1.29, 1.82) is 0 Å². The second kappa shape index (κ2) is 4.42. The molecule has 0 aliphatic heterocycles. The number of rotatable bonds is 0. The van der Waals surface area contributed by atoms with Crippen LogP contribution in [0.5, 0.6) is 0 Å². The van der Waals surface area contributed by atoms with Crippen LogP contribution >= 0.6 is 0 Å². The Morgan fingerprint density at radius 1 is 1.21 bits per heavy atom. The van der Waals surface area contributed by atoms with E-state index in [0.29, 0.717) is 16.6 Å². The predicted molar refractivity (Wildman–Crippen MR) is 69.0 cm³/mol. The summed E-state index contributed by atoms with van der Waals surface area (Å²) in [5, 5.41) is 0.482. The van der Waals surface area contributed by atoms with Gasteiger partial charge in [0.05, 0.1) is 5.39 Å². The Balaban J connectivity index is 2.04. The lowest BCUT2D eigenvalue weighted by atomic mass is 10.2. The third kappa shape index (κ3) is 2.11. The van der Waals surface area contributed by atoms with Crippen LogP contribution in [0.25, 0.3) is 11.0 Å². The Kier molecular flexibility index (Phi) is 2.62. The van der Waals surface area contributed by atoms with Gasteiger partial charge < -0.3 is 4.98 Å². The highest BCUT2D eigenvalue weighted by molar-refractivity contribution is 5.73. The summed E-state index contributed by atoms with van der Waals surface area (Å²) in [6.07, 6.45) is 3.01. The Morgan fingerprint density at radius 3 is 2.79 bits per heavy atom. The van der Waals surface area contributed by atoms with Crippen molar-refractivity contribution in [3.63, 3.8) is 0 Å². The van der Waals surface area contributed by atoms with Gasteiger partial charge in [-0.3, -0.25) is 4.79 Å². The molecule has 0 unspecified atom stereocenters. The van der Waals surface area contributed by atoms with Crippen LogP contribution in [-0.4, -0.2) is 14.5 Å². The zero-order valence-electron chi connectivity index (χ0n) is 9.72. The molecule has 3 aromatic rings. The summed E-state index contributed by atoms with van der Waals surface area (Å²) < 4.78 is 13.9. The fraction of sp³-hybridized carbons (Fsp3) is 0. The summed E-state index contributed by atoms with van der Waals surface area (Å²) in [7, 11) is 0. The van der Waals surface area contributed by atoms with Crippen LogP contribution in [0.3, 0.4) is 0 Å². The fourth-order valence-electron chi connectivity index (χ4n) is 1.68. The normalized spacial score (nSPS) is 10.2. The summed E-state index contributed by atoms with van der Waals surface area (Å²) >= 11 is 0. The van der Waals surface area contributed by atoms with E-state index >= 15 is 0 Å².